The molecule has 0 saturated carbocycles. The molecule has 3 heterocycles. The van der Waals surface area contributed by atoms with Gasteiger partial charge in [0.2, 0.25) is 0 Å². The minimum absolute atomic E-state index is 0.0132. The van der Waals surface area contributed by atoms with E-state index in [0.29, 0.717) is 19.7 Å². The quantitative estimate of drug-likeness (QED) is 0.856. The third-order valence-corrected chi connectivity index (χ3v) is 3.96. The van der Waals surface area contributed by atoms with Gasteiger partial charge in [0.05, 0.1) is 37.2 Å². The largest absolute Gasteiger partial charge is 0.368 e. The fourth-order valence-electron chi connectivity index (χ4n) is 2.89. The Morgan fingerprint density at radius 2 is 2.14 bits per heavy atom. The summed E-state index contributed by atoms with van der Waals surface area (Å²) >= 11 is 0. The highest BCUT2D eigenvalue weighted by molar-refractivity contribution is 5.89. The molecule has 2 aromatic rings. The third-order valence-electron chi connectivity index (χ3n) is 3.96. The number of benzene rings is 1. The first-order valence-corrected chi connectivity index (χ1v) is 6.93. The topological polar surface area (TPSA) is 72.3 Å². The van der Waals surface area contributed by atoms with Crippen LogP contribution < -0.4 is 5.32 Å². The number of nitrogens with one attached hydrogen (secondary N) is 1. The number of nitrogens with zero attached hydrogens (tertiary/aromatic N) is 4. The Kier molecular flexibility index (Phi) is 2.85. The number of likely N-dealkylation sites (tertiary alicyclic amines) is 1. The predicted octanol–water partition coefficient (Wildman–Crippen LogP) is 1.27. The van der Waals surface area contributed by atoms with Gasteiger partial charge in [0, 0.05) is 12.2 Å². The molecule has 4 rings (SSSR count). The number of anilines is 1. The molecule has 1 fully saturated rings. The van der Waals surface area contributed by atoms with Crippen molar-refractivity contribution in [2.24, 2.45) is 0 Å². The summed E-state index contributed by atoms with van der Waals surface area (Å²) in [5.41, 5.74) is 1.75. The number of rotatable bonds is 1. The number of aromatic nitrogens is 3. The van der Waals surface area contributed by atoms with E-state index in [-0.39, 0.29) is 18.2 Å². The van der Waals surface area contributed by atoms with E-state index in [0.717, 1.165) is 11.4 Å². The minimum Gasteiger partial charge on any atom is -0.368 e. The van der Waals surface area contributed by atoms with E-state index in [1.165, 1.54) is 0 Å². The number of urea groups is 1. The average molecular weight is 285 g/mol. The number of hydrogen-bond donors (Lipinski definition) is 1. The van der Waals surface area contributed by atoms with Gasteiger partial charge >= 0.3 is 6.03 Å². The van der Waals surface area contributed by atoms with Gasteiger partial charge < -0.3 is 15.0 Å². The van der Waals surface area contributed by atoms with Crippen molar-refractivity contribution in [3.8, 4) is 0 Å². The minimum atomic E-state index is -0.110. The van der Waals surface area contributed by atoms with Crippen LogP contribution in [0.3, 0.4) is 0 Å². The summed E-state index contributed by atoms with van der Waals surface area (Å²) in [6.45, 7) is 1.66. The van der Waals surface area contributed by atoms with Crippen LogP contribution in [0.25, 0.3) is 0 Å². The van der Waals surface area contributed by atoms with Gasteiger partial charge in [-0.1, -0.05) is 23.4 Å². The average Bonchev–Trinajstić information content (AvgIpc) is 3.14. The molecule has 1 N–H and O–H groups in total. The zero-order chi connectivity index (χ0) is 14.2. The van der Waals surface area contributed by atoms with Gasteiger partial charge in [-0.15, -0.1) is 5.10 Å². The first-order valence-electron chi connectivity index (χ1n) is 6.93. The molecule has 2 aliphatic rings. The molecule has 0 radical (unpaired) electrons. The number of carbonyl (C=O) groups excluding carboxylic acids is 1. The summed E-state index contributed by atoms with van der Waals surface area (Å²) in [5.74, 6) is 0. The van der Waals surface area contributed by atoms with Crippen LogP contribution in [0.1, 0.15) is 11.7 Å². The van der Waals surface area contributed by atoms with E-state index in [4.69, 9.17) is 4.74 Å². The van der Waals surface area contributed by atoms with Gasteiger partial charge in [0.15, 0.2) is 0 Å². The number of carbonyl (C=O) groups is 1. The molecule has 108 valence electrons. The Morgan fingerprint density at radius 3 is 3.00 bits per heavy atom. The maximum absolute atomic E-state index is 12.3. The van der Waals surface area contributed by atoms with Crippen LogP contribution in [0.2, 0.25) is 0 Å². The van der Waals surface area contributed by atoms with Crippen LogP contribution in [-0.2, 0) is 11.3 Å². The monoisotopic (exact) mass is 285 g/mol. The fraction of sp³-hybridized carbons (Fsp3) is 0.357. The highest BCUT2D eigenvalue weighted by atomic mass is 16.5. The first kappa shape index (κ1) is 12.3. The van der Waals surface area contributed by atoms with Crippen molar-refractivity contribution < 1.29 is 9.53 Å². The molecule has 0 aliphatic carbocycles. The molecular formula is C14H15N5O2. The first-order chi connectivity index (χ1) is 10.3. The normalized spacial score (nSPS) is 23.5. The lowest BCUT2D eigenvalue weighted by atomic mass is 10.2. The number of amides is 2. The molecule has 1 unspecified atom stereocenters. The molecule has 1 aromatic heterocycles. The summed E-state index contributed by atoms with van der Waals surface area (Å²) in [5, 5.41) is 10.9. The number of fused-ring (bicyclic) bond motifs is 3. The van der Waals surface area contributed by atoms with Gasteiger partial charge in [0.1, 0.15) is 0 Å². The van der Waals surface area contributed by atoms with Crippen LogP contribution in [0.5, 0.6) is 0 Å². The van der Waals surface area contributed by atoms with E-state index in [2.05, 4.69) is 15.6 Å². The van der Waals surface area contributed by atoms with Crippen molar-refractivity contribution in [2.45, 2.75) is 18.8 Å². The Morgan fingerprint density at radius 1 is 1.29 bits per heavy atom. The SMILES string of the molecule is O=C(Nc1ccccc1)N1CC2[C@@H](C1)OCc1cnnn12. The van der Waals surface area contributed by atoms with E-state index >= 15 is 0 Å². The van der Waals surface area contributed by atoms with Crippen molar-refractivity contribution in [3.05, 3.63) is 42.2 Å². The van der Waals surface area contributed by atoms with E-state index in [1.807, 2.05) is 35.0 Å². The van der Waals surface area contributed by atoms with Gasteiger partial charge in [-0.25, -0.2) is 9.48 Å². The standard InChI is InChI=1S/C14H15N5O2/c20-14(16-10-4-2-1-3-5-10)18-7-12-13(8-18)21-9-11-6-15-17-19(11)12/h1-6,12-13H,7-9H2,(H,16,20)/t12?,13-/m1/s1. The Bertz CT molecular complexity index is 656. The molecule has 1 aromatic carbocycles. The van der Waals surface area contributed by atoms with E-state index in [9.17, 15) is 4.79 Å². The molecule has 21 heavy (non-hydrogen) atoms. The fourth-order valence-corrected chi connectivity index (χ4v) is 2.89. The molecule has 7 heteroatoms. The highest BCUT2D eigenvalue weighted by Gasteiger charge is 2.41. The molecule has 0 bridgehead atoms. The number of para-hydroxylation sites is 1. The van der Waals surface area contributed by atoms with Crippen molar-refractivity contribution in [3.63, 3.8) is 0 Å². The molecule has 1 saturated heterocycles. The second-order valence-electron chi connectivity index (χ2n) is 5.29. The van der Waals surface area contributed by atoms with Crippen LogP contribution >= 0.6 is 0 Å². The lowest BCUT2D eigenvalue weighted by molar-refractivity contribution is -0.00433. The van der Waals surface area contributed by atoms with Crippen molar-refractivity contribution >= 4 is 11.7 Å². The summed E-state index contributed by atoms with van der Waals surface area (Å²) in [4.78, 5) is 14.1. The molecule has 2 aliphatic heterocycles. The zero-order valence-corrected chi connectivity index (χ0v) is 11.3. The van der Waals surface area contributed by atoms with Crippen molar-refractivity contribution in [1.29, 1.82) is 0 Å². The summed E-state index contributed by atoms with van der Waals surface area (Å²) in [6.07, 6.45) is 1.70. The molecule has 7 nitrogen and oxygen atoms in total. The maximum Gasteiger partial charge on any atom is 0.322 e. The van der Waals surface area contributed by atoms with Crippen molar-refractivity contribution in [2.75, 3.05) is 18.4 Å². The van der Waals surface area contributed by atoms with Gasteiger partial charge in [-0.3, -0.25) is 0 Å². The second-order valence-corrected chi connectivity index (χ2v) is 5.29. The smallest absolute Gasteiger partial charge is 0.322 e. The highest BCUT2D eigenvalue weighted by Crippen LogP contribution is 2.30. The Labute approximate surface area is 121 Å². The van der Waals surface area contributed by atoms with Crippen molar-refractivity contribution in [1.82, 2.24) is 19.9 Å². The van der Waals surface area contributed by atoms with Crippen LogP contribution in [0, 0.1) is 0 Å². The van der Waals surface area contributed by atoms with Crippen LogP contribution in [-0.4, -0.2) is 45.1 Å². The number of ether oxygens (including phenoxy) is 1. The van der Waals surface area contributed by atoms with E-state index < -0.39 is 0 Å². The summed E-state index contributed by atoms with van der Waals surface area (Å²) < 4.78 is 7.67. The Hall–Kier alpha value is -2.41. The van der Waals surface area contributed by atoms with Gasteiger partial charge in [-0.05, 0) is 12.1 Å². The molecule has 0 spiro atoms. The molecule has 2 amide bonds. The second kappa shape index (κ2) is 4.85. The lowest BCUT2D eigenvalue weighted by Gasteiger charge is -2.25. The van der Waals surface area contributed by atoms with Gasteiger partial charge in [-0.2, -0.15) is 0 Å². The predicted molar refractivity (Wildman–Crippen MR) is 74.7 cm³/mol. The zero-order valence-electron chi connectivity index (χ0n) is 11.3. The molecule has 2 atom stereocenters. The maximum atomic E-state index is 12.3. The Balaban J connectivity index is 1.48. The van der Waals surface area contributed by atoms with Crippen LogP contribution in [0.4, 0.5) is 10.5 Å². The van der Waals surface area contributed by atoms with E-state index in [1.54, 1.807) is 11.1 Å². The summed E-state index contributed by atoms with van der Waals surface area (Å²) in [6, 6.07) is 9.38. The lowest BCUT2D eigenvalue weighted by Crippen LogP contribution is -2.34. The van der Waals surface area contributed by atoms with Crippen LogP contribution in [0.15, 0.2) is 36.5 Å². The third kappa shape index (κ3) is 2.15. The summed E-state index contributed by atoms with van der Waals surface area (Å²) in [7, 11) is 0. The molecular weight excluding hydrogens is 270 g/mol. The number of hydrogen-bond acceptors (Lipinski definition) is 4. The van der Waals surface area contributed by atoms with Gasteiger partial charge in [0.25, 0.3) is 0 Å².